The van der Waals surface area contributed by atoms with Gasteiger partial charge in [0, 0.05) is 20.1 Å². The quantitative estimate of drug-likeness (QED) is 0.676. The summed E-state index contributed by atoms with van der Waals surface area (Å²) in [5.74, 6) is 0.0803. The Labute approximate surface area is 129 Å². The Hall–Kier alpha value is -0.930. The van der Waals surface area contributed by atoms with Gasteiger partial charge in [-0.3, -0.25) is 4.79 Å². The first-order valence-corrected chi connectivity index (χ1v) is 7.85. The molecule has 1 aliphatic rings. The van der Waals surface area contributed by atoms with Crippen molar-refractivity contribution in [3.8, 4) is 0 Å². The van der Waals surface area contributed by atoms with E-state index >= 15 is 0 Å². The molecule has 0 aliphatic heterocycles. The monoisotopic (exact) mass is 378 g/mol. The molecule has 2 aromatic carbocycles. The molecule has 0 aromatic heterocycles. The molecule has 0 spiro atoms. The molecule has 0 bridgehead atoms. The smallest absolute Gasteiger partial charge is 0.193 e. The van der Waals surface area contributed by atoms with Crippen molar-refractivity contribution in [2.24, 2.45) is 0 Å². The molecule has 19 heavy (non-hydrogen) atoms. The minimum Gasteiger partial charge on any atom is -0.289 e. The van der Waals surface area contributed by atoms with Crippen LogP contribution in [0.2, 0.25) is 0 Å². The number of carbonyl (C=O) groups is 1. The molecule has 2 aromatic rings. The highest BCUT2D eigenvalue weighted by Gasteiger charge is 2.15. The third-order valence-corrected chi connectivity index (χ3v) is 4.40. The van der Waals surface area contributed by atoms with Crippen molar-refractivity contribution >= 4 is 37.6 Å². The lowest BCUT2D eigenvalue weighted by Crippen LogP contribution is -2.02. The highest BCUT2D eigenvalue weighted by Crippen LogP contribution is 2.26. The fraction of sp³-hybridized carbons (Fsp3) is 0.188. The van der Waals surface area contributed by atoms with Crippen molar-refractivity contribution in [2.45, 2.75) is 19.3 Å². The summed E-state index contributed by atoms with van der Waals surface area (Å²) in [6.45, 7) is 0. The molecular formula is C16H12Br2O. The number of carbonyl (C=O) groups excluding carboxylic acids is 1. The first-order chi connectivity index (χ1) is 9.13. The van der Waals surface area contributed by atoms with Gasteiger partial charge in [-0.1, -0.05) is 44.0 Å². The van der Waals surface area contributed by atoms with E-state index in [9.17, 15) is 4.79 Å². The van der Waals surface area contributed by atoms with E-state index in [1.165, 1.54) is 17.5 Å². The van der Waals surface area contributed by atoms with Crippen LogP contribution in [-0.4, -0.2) is 5.78 Å². The standard InChI is InChI=1S/C16H12Br2O/c17-14-7-13(8-15(18)9-14)16(19)12-5-4-10-2-1-3-11(10)6-12/h4-9H,1-3H2. The zero-order valence-corrected chi connectivity index (χ0v) is 13.4. The molecule has 3 rings (SSSR count). The summed E-state index contributed by atoms with van der Waals surface area (Å²) in [6, 6.07) is 11.8. The van der Waals surface area contributed by atoms with E-state index in [1.54, 1.807) is 0 Å². The van der Waals surface area contributed by atoms with E-state index in [4.69, 9.17) is 0 Å². The van der Waals surface area contributed by atoms with Gasteiger partial charge in [0.25, 0.3) is 0 Å². The number of ketones is 1. The summed E-state index contributed by atoms with van der Waals surface area (Å²) in [7, 11) is 0. The predicted molar refractivity (Wildman–Crippen MR) is 83.7 cm³/mol. The number of hydrogen-bond donors (Lipinski definition) is 0. The van der Waals surface area contributed by atoms with Gasteiger partial charge in [0.15, 0.2) is 5.78 Å². The molecule has 0 N–H and O–H groups in total. The summed E-state index contributed by atoms with van der Waals surface area (Å²) >= 11 is 6.84. The highest BCUT2D eigenvalue weighted by atomic mass is 79.9. The van der Waals surface area contributed by atoms with Crippen LogP contribution in [0.1, 0.15) is 33.5 Å². The van der Waals surface area contributed by atoms with Crippen molar-refractivity contribution in [2.75, 3.05) is 0 Å². The second-order valence-electron chi connectivity index (χ2n) is 4.82. The lowest BCUT2D eigenvalue weighted by Gasteiger charge is -2.06. The van der Waals surface area contributed by atoms with E-state index in [-0.39, 0.29) is 5.78 Å². The van der Waals surface area contributed by atoms with E-state index < -0.39 is 0 Å². The number of fused-ring (bicyclic) bond motifs is 1. The zero-order valence-electron chi connectivity index (χ0n) is 10.2. The van der Waals surface area contributed by atoms with E-state index in [1.807, 2.05) is 24.3 Å². The van der Waals surface area contributed by atoms with E-state index in [0.29, 0.717) is 5.56 Å². The number of rotatable bonds is 2. The minimum absolute atomic E-state index is 0.0803. The number of aryl methyl sites for hydroxylation is 2. The Kier molecular flexibility index (Phi) is 3.59. The van der Waals surface area contributed by atoms with Crippen LogP contribution in [0.15, 0.2) is 45.3 Å². The lowest BCUT2D eigenvalue weighted by molar-refractivity contribution is 0.103. The van der Waals surface area contributed by atoms with Gasteiger partial charge < -0.3 is 0 Å². The Morgan fingerprint density at radius 2 is 1.53 bits per heavy atom. The molecule has 0 fully saturated rings. The first-order valence-electron chi connectivity index (χ1n) is 6.26. The second kappa shape index (κ2) is 5.22. The largest absolute Gasteiger partial charge is 0.289 e. The van der Waals surface area contributed by atoms with Gasteiger partial charge in [-0.05, 0) is 54.7 Å². The molecule has 96 valence electrons. The van der Waals surface area contributed by atoms with Gasteiger partial charge in [-0.15, -0.1) is 0 Å². The van der Waals surface area contributed by atoms with Crippen molar-refractivity contribution in [1.29, 1.82) is 0 Å². The van der Waals surface area contributed by atoms with Gasteiger partial charge in [0.1, 0.15) is 0 Å². The number of benzene rings is 2. The fourth-order valence-electron chi connectivity index (χ4n) is 2.56. The van der Waals surface area contributed by atoms with Crippen LogP contribution in [0.3, 0.4) is 0 Å². The highest BCUT2D eigenvalue weighted by molar-refractivity contribution is 9.11. The first kappa shape index (κ1) is 13.1. The molecule has 0 amide bonds. The maximum absolute atomic E-state index is 12.5. The SMILES string of the molecule is O=C(c1cc(Br)cc(Br)c1)c1ccc2c(c1)CCC2. The minimum atomic E-state index is 0.0803. The average Bonchev–Trinajstić information content (AvgIpc) is 2.83. The molecule has 0 heterocycles. The van der Waals surface area contributed by atoms with E-state index in [0.717, 1.165) is 27.4 Å². The number of halogens is 2. The Morgan fingerprint density at radius 3 is 2.26 bits per heavy atom. The van der Waals surface area contributed by atoms with Crippen molar-refractivity contribution < 1.29 is 4.79 Å². The molecule has 0 atom stereocenters. The van der Waals surface area contributed by atoms with Crippen LogP contribution < -0.4 is 0 Å². The third kappa shape index (κ3) is 2.67. The average molecular weight is 380 g/mol. The normalized spacial score (nSPS) is 13.4. The zero-order chi connectivity index (χ0) is 13.4. The second-order valence-corrected chi connectivity index (χ2v) is 6.66. The Bertz CT molecular complexity index is 642. The van der Waals surface area contributed by atoms with Crippen LogP contribution in [0.4, 0.5) is 0 Å². The maximum Gasteiger partial charge on any atom is 0.193 e. The molecule has 1 nitrogen and oxygen atoms in total. The summed E-state index contributed by atoms with van der Waals surface area (Å²) in [5.41, 5.74) is 4.22. The van der Waals surface area contributed by atoms with Crippen molar-refractivity contribution in [3.05, 3.63) is 67.6 Å². The molecule has 0 saturated carbocycles. The summed E-state index contributed by atoms with van der Waals surface area (Å²) in [5, 5.41) is 0. The molecule has 3 heteroatoms. The Balaban J connectivity index is 1.99. The molecule has 0 unspecified atom stereocenters. The predicted octanol–water partition coefficient (Wildman–Crippen LogP) is 4.93. The topological polar surface area (TPSA) is 17.1 Å². The fourth-order valence-corrected chi connectivity index (χ4v) is 3.86. The van der Waals surface area contributed by atoms with Gasteiger partial charge in [0.2, 0.25) is 0 Å². The molecular weight excluding hydrogens is 368 g/mol. The number of hydrogen-bond acceptors (Lipinski definition) is 1. The molecule has 0 saturated heterocycles. The third-order valence-electron chi connectivity index (χ3n) is 3.49. The summed E-state index contributed by atoms with van der Waals surface area (Å²) < 4.78 is 1.82. The molecule has 0 radical (unpaired) electrons. The van der Waals surface area contributed by atoms with Crippen LogP contribution >= 0.6 is 31.9 Å². The van der Waals surface area contributed by atoms with Crippen molar-refractivity contribution in [3.63, 3.8) is 0 Å². The maximum atomic E-state index is 12.5. The van der Waals surface area contributed by atoms with Crippen LogP contribution in [0.5, 0.6) is 0 Å². The summed E-state index contributed by atoms with van der Waals surface area (Å²) in [4.78, 5) is 12.5. The summed E-state index contributed by atoms with van der Waals surface area (Å²) in [6.07, 6.45) is 3.44. The lowest BCUT2D eigenvalue weighted by atomic mass is 9.99. The van der Waals surface area contributed by atoms with Gasteiger partial charge in [-0.25, -0.2) is 0 Å². The Morgan fingerprint density at radius 1 is 0.842 bits per heavy atom. The van der Waals surface area contributed by atoms with Crippen LogP contribution in [-0.2, 0) is 12.8 Å². The van der Waals surface area contributed by atoms with Gasteiger partial charge >= 0.3 is 0 Å². The van der Waals surface area contributed by atoms with Crippen LogP contribution in [0, 0.1) is 0 Å². The van der Waals surface area contributed by atoms with E-state index in [2.05, 4.69) is 44.0 Å². The van der Waals surface area contributed by atoms with Gasteiger partial charge in [-0.2, -0.15) is 0 Å². The van der Waals surface area contributed by atoms with Gasteiger partial charge in [0.05, 0.1) is 0 Å². The van der Waals surface area contributed by atoms with Crippen LogP contribution in [0.25, 0.3) is 0 Å². The molecule has 1 aliphatic carbocycles. The van der Waals surface area contributed by atoms with Crippen molar-refractivity contribution in [1.82, 2.24) is 0 Å².